The number of aryl methyl sites for hydroxylation is 2. The van der Waals surface area contributed by atoms with Crippen molar-refractivity contribution >= 4 is 16.6 Å². The van der Waals surface area contributed by atoms with Crippen molar-refractivity contribution in [2.75, 3.05) is 20.1 Å². The standard InChI is InChI=1S/C28H35N3O/c1-20-7-5-8-21(17-20)24-18-23-13-12-22(24)19-28(23,32)14-16-31(2)15-6-11-27-29-25-9-3-4-10-26(25)30-27/h3-5,7-10,17-18,22-23,32H,6,11-16,19H2,1-2H3,(H,29,30)/t22-,23+,28+/m0/s1. The number of aromatic nitrogens is 2. The molecule has 6 rings (SSSR count). The van der Waals surface area contributed by atoms with Crippen LogP contribution in [0.25, 0.3) is 16.6 Å². The fourth-order valence-corrected chi connectivity index (χ4v) is 5.77. The second-order valence-corrected chi connectivity index (χ2v) is 10.0. The molecule has 0 saturated heterocycles. The molecule has 3 aliphatic carbocycles. The number of benzene rings is 2. The minimum atomic E-state index is -0.552. The molecule has 0 amide bonds. The molecular formula is C28H35N3O. The van der Waals surface area contributed by atoms with Crippen molar-refractivity contribution in [2.24, 2.45) is 11.8 Å². The van der Waals surface area contributed by atoms with Crippen molar-refractivity contribution in [3.05, 3.63) is 71.6 Å². The first-order valence-corrected chi connectivity index (χ1v) is 12.1. The van der Waals surface area contributed by atoms with E-state index in [1.54, 1.807) is 0 Å². The Balaban J connectivity index is 1.14. The molecule has 1 saturated carbocycles. The van der Waals surface area contributed by atoms with E-state index in [0.29, 0.717) is 5.92 Å². The van der Waals surface area contributed by atoms with Gasteiger partial charge in [-0.25, -0.2) is 4.98 Å². The average Bonchev–Trinajstić information content (AvgIpc) is 3.21. The van der Waals surface area contributed by atoms with Crippen LogP contribution in [0.3, 0.4) is 0 Å². The Kier molecular flexibility index (Phi) is 5.92. The van der Waals surface area contributed by atoms with Gasteiger partial charge in [0.25, 0.3) is 0 Å². The third kappa shape index (κ3) is 4.39. The second-order valence-electron chi connectivity index (χ2n) is 10.0. The number of aromatic amines is 1. The van der Waals surface area contributed by atoms with Gasteiger partial charge in [-0.1, -0.05) is 48.0 Å². The van der Waals surface area contributed by atoms with Gasteiger partial charge >= 0.3 is 0 Å². The first-order chi connectivity index (χ1) is 15.5. The number of allylic oxidation sites excluding steroid dienone is 1. The Morgan fingerprint density at radius 1 is 1.12 bits per heavy atom. The van der Waals surface area contributed by atoms with Crippen LogP contribution >= 0.6 is 0 Å². The number of rotatable bonds is 8. The van der Waals surface area contributed by atoms with Gasteiger partial charge in [-0.15, -0.1) is 0 Å². The van der Waals surface area contributed by atoms with Gasteiger partial charge in [0, 0.05) is 18.9 Å². The van der Waals surface area contributed by atoms with E-state index in [2.05, 4.69) is 71.3 Å². The molecule has 1 fully saturated rings. The maximum Gasteiger partial charge on any atom is 0.107 e. The predicted octanol–water partition coefficient (Wildman–Crippen LogP) is 5.37. The van der Waals surface area contributed by atoms with Crippen LogP contribution in [-0.4, -0.2) is 45.7 Å². The molecule has 1 heterocycles. The second kappa shape index (κ2) is 8.84. The zero-order chi connectivity index (χ0) is 22.1. The van der Waals surface area contributed by atoms with Gasteiger partial charge < -0.3 is 15.0 Å². The Bertz CT molecular complexity index is 1080. The van der Waals surface area contributed by atoms with E-state index in [1.807, 2.05) is 12.1 Å². The number of hydrogen-bond donors (Lipinski definition) is 2. The Morgan fingerprint density at radius 3 is 2.78 bits per heavy atom. The lowest BCUT2D eigenvalue weighted by Crippen LogP contribution is -2.48. The number of aliphatic hydroxyl groups is 1. The monoisotopic (exact) mass is 429 g/mol. The van der Waals surface area contributed by atoms with Crippen LogP contribution < -0.4 is 0 Å². The molecule has 4 heteroatoms. The fourth-order valence-electron chi connectivity index (χ4n) is 5.77. The molecule has 3 aromatic rings. The molecule has 0 unspecified atom stereocenters. The zero-order valence-corrected chi connectivity index (χ0v) is 19.3. The van der Waals surface area contributed by atoms with Crippen LogP contribution in [0.15, 0.2) is 54.6 Å². The molecule has 3 aliphatic rings. The highest BCUT2D eigenvalue weighted by atomic mass is 16.3. The molecule has 4 nitrogen and oxygen atoms in total. The minimum Gasteiger partial charge on any atom is -0.389 e. The van der Waals surface area contributed by atoms with Gasteiger partial charge in [0.05, 0.1) is 16.6 Å². The SMILES string of the molecule is Cc1cccc(C2=C[C@H]3CC[C@H]2C[C@]3(O)CCN(C)CCCc2nc3ccccc3[nH]2)c1. The van der Waals surface area contributed by atoms with Crippen LogP contribution in [0.5, 0.6) is 0 Å². The summed E-state index contributed by atoms with van der Waals surface area (Å²) in [5.41, 5.74) is 5.73. The number of hydrogen-bond acceptors (Lipinski definition) is 3. The van der Waals surface area contributed by atoms with E-state index in [4.69, 9.17) is 0 Å². The number of para-hydroxylation sites is 2. The summed E-state index contributed by atoms with van der Waals surface area (Å²) in [5, 5.41) is 11.5. The normalized spacial score (nSPS) is 24.9. The largest absolute Gasteiger partial charge is 0.389 e. The van der Waals surface area contributed by atoms with Crippen LogP contribution in [0.1, 0.15) is 49.1 Å². The maximum absolute atomic E-state index is 11.5. The summed E-state index contributed by atoms with van der Waals surface area (Å²) in [4.78, 5) is 10.5. The number of nitrogens with one attached hydrogen (secondary N) is 1. The first-order valence-electron chi connectivity index (χ1n) is 12.1. The molecule has 32 heavy (non-hydrogen) atoms. The molecule has 0 radical (unpaired) electrons. The molecule has 1 aromatic heterocycles. The molecule has 0 spiro atoms. The maximum atomic E-state index is 11.5. The molecule has 2 bridgehead atoms. The van der Waals surface area contributed by atoms with Gasteiger partial charge in [0.15, 0.2) is 0 Å². The van der Waals surface area contributed by atoms with E-state index >= 15 is 0 Å². The van der Waals surface area contributed by atoms with Crippen molar-refractivity contribution in [2.45, 2.75) is 51.0 Å². The van der Waals surface area contributed by atoms with Crippen molar-refractivity contribution in [3.63, 3.8) is 0 Å². The number of imidazole rings is 1. The minimum absolute atomic E-state index is 0.284. The highest BCUT2D eigenvalue weighted by Gasteiger charge is 2.46. The lowest BCUT2D eigenvalue weighted by Gasteiger charge is -2.48. The van der Waals surface area contributed by atoms with Crippen LogP contribution in [0, 0.1) is 18.8 Å². The van der Waals surface area contributed by atoms with Gasteiger partial charge in [-0.2, -0.15) is 0 Å². The summed E-state index contributed by atoms with van der Waals surface area (Å²) in [6.07, 6.45) is 8.51. The highest BCUT2D eigenvalue weighted by molar-refractivity contribution is 5.74. The van der Waals surface area contributed by atoms with Gasteiger partial charge in [0.1, 0.15) is 5.82 Å². The first kappa shape index (κ1) is 21.4. The number of fused-ring (bicyclic) bond motifs is 3. The average molecular weight is 430 g/mol. The predicted molar refractivity (Wildman–Crippen MR) is 131 cm³/mol. The third-order valence-electron chi connectivity index (χ3n) is 7.61. The lowest BCUT2D eigenvalue weighted by atomic mass is 9.61. The van der Waals surface area contributed by atoms with Gasteiger partial charge in [-0.3, -0.25) is 0 Å². The van der Waals surface area contributed by atoms with Crippen molar-refractivity contribution in [3.8, 4) is 0 Å². The molecule has 2 N–H and O–H groups in total. The molecular weight excluding hydrogens is 394 g/mol. The number of H-pyrrole nitrogens is 1. The summed E-state index contributed by atoms with van der Waals surface area (Å²) in [5.74, 6) is 1.84. The Labute approximate surface area is 191 Å². The van der Waals surface area contributed by atoms with Gasteiger partial charge in [0.2, 0.25) is 0 Å². The van der Waals surface area contributed by atoms with Crippen molar-refractivity contribution in [1.29, 1.82) is 0 Å². The van der Waals surface area contributed by atoms with Crippen LogP contribution in [-0.2, 0) is 6.42 Å². The van der Waals surface area contributed by atoms with E-state index in [0.717, 1.165) is 62.1 Å². The molecule has 2 aromatic carbocycles. The topological polar surface area (TPSA) is 52.1 Å². The van der Waals surface area contributed by atoms with E-state index in [-0.39, 0.29) is 5.92 Å². The zero-order valence-electron chi connectivity index (χ0n) is 19.3. The van der Waals surface area contributed by atoms with E-state index in [9.17, 15) is 5.11 Å². The Morgan fingerprint density at radius 2 is 2.00 bits per heavy atom. The Hall–Kier alpha value is -2.43. The van der Waals surface area contributed by atoms with Crippen molar-refractivity contribution < 1.29 is 5.11 Å². The molecule has 0 aliphatic heterocycles. The summed E-state index contributed by atoms with van der Waals surface area (Å²) >= 11 is 0. The lowest BCUT2D eigenvalue weighted by molar-refractivity contribution is -0.0574. The number of nitrogens with zero attached hydrogens (tertiary/aromatic N) is 2. The smallest absolute Gasteiger partial charge is 0.107 e. The molecule has 3 atom stereocenters. The summed E-state index contributed by atoms with van der Waals surface area (Å²) < 4.78 is 0. The van der Waals surface area contributed by atoms with E-state index in [1.165, 1.54) is 23.1 Å². The summed E-state index contributed by atoms with van der Waals surface area (Å²) in [6.45, 7) is 4.12. The molecule has 168 valence electrons. The summed E-state index contributed by atoms with van der Waals surface area (Å²) in [7, 11) is 2.18. The van der Waals surface area contributed by atoms with Gasteiger partial charge in [-0.05, 0) is 81.8 Å². The fraction of sp³-hybridized carbons (Fsp3) is 0.464. The van der Waals surface area contributed by atoms with Crippen LogP contribution in [0.2, 0.25) is 0 Å². The van der Waals surface area contributed by atoms with Crippen LogP contribution in [0.4, 0.5) is 0 Å². The summed E-state index contributed by atoms with van der Waals surface area (Å²) in [6, 6.07) is 17.0. The highest BCUT2D eigenvalue weighted by Crippen LogP contribution is 2.51. The van der Waals surface area contributed by atoms with E-state index < -0.39 is 5.60 Å². The van der Waals surface area contributed by atoms with Crippen molar-refractivity contribution in [1.82, 2.24) is 14.9 Å². The third-order valence-corrected chi connectivity index (χ3v) is 7.61. The quantitative estimate of drug-likeness (QED) is 0.506.